The van der Waals surface area contributed by atoms with E-state index in [1.165, 1.54) is 18.4 Å². The highest BCUT2D eigenvalue weighted by Gasteiger charge is 2.23. The van der Waals surface area contributed by atoms with E-state index in [2.05, 4.69) is 11.4 Å². The first kappa shape index (κ1) is 10.3. The van der Waals surface area contributed by atoms with Gasteiger partial charge in [-0.05, 0) is 56.2 Å². The third kappa shape index (κ3) is 1.65. The van der Waals surface area contributed by atoms with Crippen molar-refractivity contribution < 1.29 is 4.39 Å². The average Bonchev–Trinajstić information content (AvgIpc) is 2.83. The van der Waals surface area contributed by atoms with E-state index >= 15 is 0 Å². The van der Waals surface area contributed by atoms with Crippen molar-refractivity contribution in [2.24, 2.45) is 0 Å². The average molecular weight is 219 g/mol. The molecule has 1 atom stereocenters. The summed E-state index contributed by atoms with van der Waals surface area (Å²) in [6.07, 6.45) is 6.60. The maximum atomic E-state index is 14.4. The minimum absolute atomic E-state index is 0.0802. The summed E-state index contributed by atoms with van der Waals surface area (Å²) in [5, 5.41) is 3.38. The first-order valence-corrected chi connectivity index (χ1v) is 6.40. The molecule has 0 amide bonds. The Morgan fingerprint density at radius 2 is 2.00 bits per heavy atom. The number of halogens is 1. The molecule has 2 heteroatoms. The number of hydrogen-bond donors (Lipinski definition) is 1. The molecule has 0 spiro atoms. The second-order valence-electron chi connectivity index (χ2n) is 4.96. The third-order valence-corrected chi connectivity index (χ3v) is 3.93. The fourth-order valence-electron chi connectivity index (χ4n) is 3.02. The molecule has 1 aromatic carbocycles. The molecule has 0 bridgehead atoms. The Hall–Kier alpha value is -0.890. The van der Waals surface area contributed by atoms with Crippen LogP contribution in [0.25, 0.3) is 0 Å². The third-order valence-electron chi connectivity index (χ3n) is 3.93. The SMILES string of the molecule is Fc1c([C@@H]2CCCN2)ccc2c1CCCC2. The van der Waals surface area contributed by atoms with Crippen LogP contribution in [0, 0.1) is 5.82 Å². The normalized spacial score (nSPS) is 24.4. The van der Waals surface area contributed by atoms with Crippen LogP contribution in [0.2, 0.25) is 0 Å². The van der Waals surface area contributed by atoms with E-state index in [0.29, 0.717) is 0 Å². The van der Waals surface area contributed by atoms with Gasteiger partial charge in [-0.3, -0.25) is 0 Å². The molecule has 0 unspecified atom stereocenters. The molecule has 1 aliphatic heterocycles. The lowest BCUT2D eigenvalue weighted by Crippen LogP contribution is -2.16. The predicted octanol–water partition coefficient (Wildman–Crippen LogP) is 3.13. The quantitative estimate of drug-likeness (QED) is 0.765. The molecular weight excluding hydrogens is 201 g/mol. The van der Waals surface area contributed by atoms with Crippen LogP contribution in [0.5, 0.6) is 0 Å². The summed E-state index contributed by atoms with van der Waals surface area (Å²) in [6, 6.07) is 4.40. The smallest absolute Gasteiger partial charge is 0.131 e. The van der Waals surface area contributed by atoms with E-state index in [9.17, 15) is 4.39 Å². The zero-order valence-electron chi connectivity index (χ0n) is 9.56. The van der Waals surface area contributed by atoms with Crippen LogP contribution in [-0.4, -0.2) is 6.54 Å². The van der Waals surface area contributed by atoms with Gasteiger partial charge in [0.1, 0.15) is 5.82 Å². The van der Waals surface area contributed by atoms with E-state index in [-0.39, 0.29) is 11.9 Å². The molecule has 3 rings (SSSR count). The first-order chi connectivity index (χ1) is 7.86. The van der Waals surface area contributed by atoms with Crippen molar-refractivity contribution in [2.45, 2.75) is 44.6 Å². The lowest BCUT2D eigenvalue weighted by molar-refractivity contribution is 0.532. The molecule has 1 nitrogen and oxygen atoms in total. The Labute approximate surface area is 96.1 Å². The molecule has 1 N–H and O–H groups in total. The van der Waals surface area contributed by atoms with Gasteiger partial charge in [-0.1, -0.05) is 12.1 Å². The van der Waals surface area contributed by atoms with Gasteiger partial charge >= 0.3 is 0 Å². The van der Waals surface area contributed by atoms with Crippen LogP contribution in [0.1, 0.15) is 48.4 Å². The molecule has 0 saturated carbocycles. The van der Waals surface area contributed by atoms with Crippen molar-refractivity contribution in [2.75, 3.05) is 6.54 Å². The molecule has 1 saturated heterocycles. The highest BCUT2D eigenvalue weighted by Crippen LogP contribution is 2.31. The molecule has 16 heavy (non-hydrogen) atoms. The maximum Gasteiger partial charge on any atom is 0.131 e. The van der Waals surface area contributed by atoms with Gasteiger partial charge in [-0.25, -0.2) is 4.39 Å². The Bertz CT molecular complexity index is 394. The number of nitrogens with one attached hydrogen (secondary N) is 1. The van der Waals surface area contributed by atoms with Crippen molar-refractivity contribution in [3.8, 4) is 0 Å². The molecule has 86 valence electrons. The molecule has 1 fully saturated rings. The highest BCUT2D eigenvalue weighted by molar-refractivity contribution is 5.37. The Balaban J connectivity index is 1.99. The van der Waals surface area contributed by atoms with Gasteiger partial charge in [-0.15, -0.1) is 0 Å². The van der Waals surface area contributed by atoms with Crippen molar-refractivity contribution >= 4 is 0 Å². The van der Waals surface area contributed by atoms with Gasteiger partial charge in [0.05, 0.1) is 0 Å². The zero-order chi connectivity index (χ0) is 11.0. The fraction of sp³-hybridized carbons (Fsp3) is 0.571. The van der Waals surface area contributed by atoms with Crippen molar-refractivity contribution in [3.63, 3.8) is 0 Å². The maximum absolute atomic E-state index is 14.4. The zero-order valence-corrected chi connectivity index (χ0v) is 9.56. The summed E-state index contributed by atoms with van der Waals surface area (Å²) in [4.78, 5) is 0. The van der Waals surface area contributed by atoms with Crippen LogP contribution in [-0.2, 0) is 12.8 Å². The van der Waals surface area contributed by atoms with Gasteiger partial charge in [-0.2, -0.15) is 0 Å². The Morgan fingerprint density at radius 1 is 1.12 bits per heavy atom. The fourth-order valence-corrected chi connectivity index (χ4v) is 3.02. The number of rotatable bonds is 1. The molecule has 0 aromatic heterocycles. The predicted molar refractivity (Wildman–Crippen MR) is 63.0 cm³/mol. The van der Waals surface area contributed by atoms with Crippen LogP contribution in [0.15, 0.2) is 12.1 Å². The summed E-state index contributed by atoms with van der Waals surface area (Å²) in [6.45, 7) is 1.03. The Kier molecular flexibility index (Phi) is 2.68. The molecule has 1 heterocycles. The van der Waals surface area contributed by atoms with Crippen LogP contribution < -0.4 is 5.32 Å². The number of benzene rings is 1. The number of hydrogen-bond acceptors (Lipinski definition) is 1. The van der Waals surface area contributed by atoms with Crippen molar-refractivity contribution in [1.29, 1.82) is 0 Å². The van der Waals surface area contributed by atoms with Gasteiger partial charge in [0.2, 0.25) is 0 Å². The van der Waals surface area contributed by atoms with Crippen molar-refractivity contribution in [3.05, 3.63) is 34.6 Å². The number of aryl methyl sites for hydroxylation is 1. The summed E-state index contributed by atoms with van der Waals surface area (Å²) in [5.74, 6) is 0.0802. The second-order valence-corrected chi connectivity index (χ2v) is 4.96. The van der Waals surface area contributed by atoms with Gasteiger partial charge in [0, 0.05) is 11.6 Å². The minimum atomic E-state index is 0.0802. The van der Waals surface area contributed by atoms with Crippen LogP contribution in [0.4, 0.5) is 4.39 Å². The lowest BCUT2D eigenvalue weighted by atomic mass is 9.88. The van der Waals surface area contributed by atoms with Gasteiger partial charge in [0.15, 0.2) is 0 Å². The van der Waals surface area contributed by atoms with E-state index in [1.807, 2.05) is 6.07 Å². The molecule has 1 aliphatic carbocycles. The summed E-state index contributed by atoms with van der Waals surface area (Å²) >= 11 is 0. The second kappa shape index (κ2) is 4.17. The molecule has 0 radical (unpaired) electrons. The standard InChI is InChI=1S/C14H18FN/c15-14-11-5-2-1-4-10(11)7-8-12(14)13-6-3-9-16-13/h7-8,13,16H,1-6,9H2/t13-/m0/s1. The summed E-state index contributed by atoms with van der Waals surface area (Å²) in [5.41, 5.74) is 3.14. The largest absolute Gasteiger partial charge is 0.310 e. The highest BCUT2D eigenvalue weighted by atomic mass is 19.1. The monoisotopic (exact) mass is 219 g/mol. The van der Waals surface area contributed by atoms with Gasteiger partial charge < -0.3 is 5.32 Å². The van der Waals surface area contributed by atoms with Crippen molar-refractivity contribution in [1.82, 2.24) is 5.32 Å². The Morgan fingerprint density at radius 3 is 2.81 bits per heavy atom. The summed E-state index contributed by atoms with van der Waals surface area (Å²) < 4.78 is 14.4. The van der Waals surface area contributed by atoms with Gasteiger partial charge in [0.25, 0.3) is 0 Å². The minimum Gasteiger partial charge on any atom is -0.310 e. The molecule has 1 aromatic rings. The topological polar surface area (TPSA) is 12.0 Å². The molecule has 2 aliphatic rings. The lowest BCUT2D eigenvalue weighted by Gasteiger charge is -2.20. The van der Waals surface area contributed by atoms with E-state index in [0.717, 1.165) is 43.4 Å². The summed E-state index contributed by atoms with van der Waals surface area (Å²) in [7, 11) is 0. The molecular formula is C14H18FN. The first-order valence-electron chi connectivity index (χ1n) is 6.40. The van der Waals surface area contributed by atoms with E-state index < -0.39 is 0 Å². The van der Waals surface area contributed by atoms with E-state index in [1.54, 1.807) is 0 Å². The van der Waals surface area contributed by atoms with Crippen LogP contribution in [0.3, 0.4) is 0 Å². The van der Waals surface area contributed by atoms with Crippen LogP contribution >= 0.6 is 0 Å². The van der Waals surface area contributed by atoms with E-state index in [4.69, 9.17) is 0 Å². The number of fused-ring (bicyclic) bond motifs is 1.